The highest BCUT2D eigenvalue weighted by Crippen LogP contribution is 2.14. The second-order valence-electron chi connectivity index (χ2n) is 5.17. The van der Waals surface area contributed by atoms with E-state index in [2.05, 4.69) is 22.2 Å². The summed E-state index contributed by atoms with van der Waals surface area (Å²) in [6, 6.07) is 10.9. The van der Waals surface area contributed by atoms with E-state index in [-0.39, 0.29) is 11.5 Å². The zero-order valence-corrected chi connectivity index (χ0v) is 14.0. The van der Waals surface area contributed by atoms with E-state index in [4.69, 9.17) is 0 Å². The van der Waals surface area contributed by atoms with Gasteiger partial charge in [-0.15, -0.1) is 0 Å². The van der Waals surface area contributed by atoms with Gasteiger partial charge in [0, 0.05) is 29.6 Å². The van der Waals surface area contributed by atoms with Crippen molar-refractivity contribution < 1.29 is 4.79 Å². The number of nitrogens with one attached hydrogen (secondary N) is 2. The molecule has 0 radical (unpaired) electrons. The Morgan fingerprint density at radius 3 is 2.83 bits per heavy atom. The third-order valence-electron chi connectivity index (χ3n) is 3.14. The van der Waals surface area contributed by atoms with Gasteiger partial charge in [-0.25, -0.2) is 0 Å². The molecule has 0 atom stereocenters. The number of amides is 1. The van der Waals surface area contributed by atoms with Crippen LogP contribution in [0.2, 0.25) is 0 Å². The summed E-state index contributed by atoms with van der Waals surface area (Å²) < 4.78 is 0. The molecule has 1 aromatic carbocycles. The number of H-pyrrole nitrogens is 1. The van der Waals surface area contributed by atoms with Crippen molar-refractivity contribution in [3.63, 3.8) is 0 Å². The fourth-order valence-electron chi connectivity index (χ4n) is 2.10. The Morgan fingerprint density at radius 2 is 2.09 bits per heavy atom. The lowest BCUT2D eigenvalue weighted by molar-refractivity contribution is -0.116. The van der Waals surface area contributed by atoms with Gasteiger partial charge in [0.1, 0.15) is 0 Å². The summed E-state index contributed by atoms with van der Waals surface area (Å²) in [6.07, 6.45) is 2.99. The van der Waals surface area contributed by atoms with Crippen molar-refractivity contribution in [1.82, 2.24) is 9.97 Å². The number of carbonyl (C=O) groups is 1. The number of rotatable bonds is 8. The van der Waals surface area contributed by atoms with Crippen molar-refractivity contribution in [1.29, 1.82) is 0 Å². The van der Waals surface area contributed by atoms with Crippen molar-refractivity contribution in [3.05, 3.63) is 52.4 Å². The van der Waals surface area contributed by atoms with Gasteiger partial charge in [0.2, 0.25) is 5.91 Å². The van der Waals surface area contributed by atoms with Gasteiger partial charge in [0.15, 0.2) is 5.16 Å². The van der Waals surface area contributed by atoms with Gasteiger partial charge < -0.3 is 10.3 Å². The van der Waals surface area contributed by atoms with Crippen LogP contribution >= 0.6 is 11.8 Å². The highest BCUT2D eigenvalue weighted by atomic mass is 32.2. The van der Waals surface area contributed by atoms with Crippen molar-refractivity contribution in [3.8, 4) is 0 Å². The van der Waals surface area contributed by atoms with E-state index in [0.717, 1.165) is 36.4 Å². The van der Waals surface area contributed by atoms with Crippen LogP contribution in [0.25, 0.3) is 0 Å². The number of para-hydroxylation sites is 1. The molecule has 0 aliphatic carbocycles. The number of benzene rings is 1. The van der Waals surface area contributed by atoms with Crippen LogP contribution in [-0.4, -0.2) is 21.6 Å². The van der Waals surface area contributed by atoms with E-state index in [1.54, 1.807) is 6.07 Å². The van der Waals surface area contributed by atoms with Gasteiger partial charge in [-0.2, -0.15) is 4.98 Å². The van der Waals surface area contributed by atoms with Gasteiger partial charge in [0.05, 0.1) is 0 Å². The van der Waals surface area contributed by atoms with E-state index in [0.29, 0.717) is 11.6 Å². The Labute approximate surface area is 139 Å². The molecule has 1 aromatic heterocycles. The first-order valence-corrected chi connectivity index (χ1v) is 8.74. The van der Waals surface area contributed by atoms with Gasteiger partial charge >= 0.3 is 0 Å². The molecule has 0 aliphatic rings. The molecule has 0 fully saturated rings. The maximum Gasteiger partial charge on any atom is 0.273 e. The third kappa shape index (κ3) is 6.28. The molecule has 0 saturated carbocycles. The molecule has 2 rings (SSSR count). The van der Waals surface area contributed by atoms with E-state index < -0.39 is 0 Å². The Morgan fingerprint density at radius 1 is 1.30 bits per heavy atom. The monoisotopic (exact) mass is 331 g/mol. The van der Waals surface area contributed by atoms with Crippen molar-refractivity contribution in [2.24, 2.45) is 0 Å². The van der Waals surface area contributed by atoms with Crippen LogP contribution in [0.1, 0.15) is 31.9 Å². The lowest BCUT2D eigenvalue weighted by atomic mass is 10.2. The number of thioether (sulfide) groups is 1. The molecule has 2 aromatic rings. The average molecular weight is 331 g/mol. The smallest absolute Gasteiger partial charge is 0.273 e. The van der Waals surface area contributed by atoms with Crippen LogP contribution in [0, 0.1) is 0 Å². The summed E-state index contributed by atoms with van der Waals surface area (Å²) in [5.41, 5.74) is 1.51. The first kappa shape index (κ1) is 17.3. The molecular weight excluding hydrogens is 310 g/mol. The molecule has 1 heterocycles. The molecule has 5 nitrogen and oxygen atoms in total. The Hall–Kier alpha value is -2.08. The number of anilines is 1. The predicted molar refractivity (Wildman–Crippen MR) is 93.9 cm³/mol. The molecule has 0 spiro atoms. The summed E-state index contributed by atoms with van der Waals surface area (Å²) >= 11 is 1.48. The quantitative estimate of drug-likeness (QED) is 0.442. The van der Waals surface area contributed by atoms with Gasteiger partial charge in [-0.1, -0.05) is 43.3 Å². The zero-order valence-electron chi connectivity index (χ0n) is 13.2. The maximum absolute atomic E-state index is 11.8. The van der Waals surface area contributed by atoms with Gasteiger partial charge in [0.25, 0.3) is 5.56 Å². The van der Waals surface area contributed by atoms with Crippen molar-refractivity contribution in [2.45, 2.75) is 37.8 Å². The number of carbonyl (C=O) groups excluding carboxylic acids is 1. The first-order valence-electron chi connectivity index (χ1n) is 7.75. The lowest BCUT2D eigenvalue weighted by Gasteiger charge is -2.05. The molecule has 2 N–H and O–H groups in total. The van der Waals surface area contributed by atoms with Crippen LogP contribution in [0.5, 0.6) is 0 Å². The molecular formula is C17H21N3O2S. The summed E-state index contributed by atoms with van der Waals surface area (Å²) in [5, 5.41) is 3.48. The maximum atomic E-state index is 11.8. The van der Waals surface area contributed by atoms with E-state index in [9.17, 15) is 9.59 Å². The van der Waals surface area contributed by atoms with Crippen LogP contribution in [0.4, 0.5) is 5.69 Å². The number of hydrogen-bond donors (Lipinski definition) is 2. The number of hydrogen-bond acceptors (Lipinski definition) is 4. The third-order valence-corrected chi connectivity index (χ3v) is 4.10. The summed E-state index contributed by atoms with van der Waals surface area (Å²) in [5.74, 6) is 0.735. The number of aromatic nitrogens is 2. The minimum absolute atomic E-state index is 0.00186. The molecule has 0 saturated heterocycles. The minimum Gasteiger partial charge on any atom is -0.338 e. The first-order chi connectivity index (χ1) is 11.2. The molecule has 0 unspecified atom stereocenters. The Bertz CT molecular complexity index is 686. The molecule has 6 heteroatoms. The molecule has 23 heavy (non-hydrogen) atoms. The Kier molecular flexibility index (Phi) is 6.87. The average Bonchev–Trinajstić information content (AvgIpc) is 2.52. The topological polar surface area (TPSA) is 74.8 Å². The van der Waals surface area contributed by atoms with Gasteiger partial charge in [-0.3, -0.25) is 9.59 Å². The van der Waals surface area contributed by atoms with Crippen LogP contribution < -0.4 is 10.9 Å². The van der Waals surface area contributed by atoms with E-state index in [1.807, 2.05) is 30.3 Å². The minimum atomic E-state index is -0.212. The lowest BCUT2D eigenvalue weighted by Crippen LogP contribution is -2.12. The molecule has 0 aliphatic heterocycles. The highest BCUT2D eigenvalue weighted by molar-refractivity contribution is 7.99. The second kappa shape index (κ2) is 9.15. The number of aromatic amines is 1. The van der Waals surface area contributed by atoms with E-state index in [1.165, 1.54) is 11.8 Å². The fourth-order valence-corrected chi connectivity index (χ4v) is 2.94. The fraction of sp³-hybridized carbons (Fsp3) is 0.353. The van der Waals surface area contributed by atoms with Crippen LogP contribution in [0.15, 0.2) is 46.3 Å². The summed E-state index contributed by atoms with van der Waals surface area (Å²) in [6.45, 7) is 2.07. The predicted octanol–water partition coefficient (Wildman–Crippen LogP) is 3.23. The summed E-state index contributed by atoms with van der Waals surface area (Å²) in [4.78, 5) is 30.5. The van der Waals surface area contributed by atoms with E-state index >= 15 is 0 Å². The second-order valence-corrected chi connectivity index (χ2v) is 6.25. The van der Waals surface area contributed by atoms with Crippen LogP contribution in [0.3, 0.4) is 0 Å². The SMILES string of the molecule is CCCc1cc(=O)nc(SCCCC(=O)Nc2ccccc2)[nH]1. The number of nitrogens with zero attached hydrogens (tertiary/aromatic N) is 1. The normalized spacial score (nSPS) is 10.5. The van der Waals surface area contributed by atoms with Crippen molar-refractivity contribution >= 4 is 23.4 Å². The molecule has 0 bridgehead atoms. The summed E-state index contributed by atoms with van der Waals surface area (Å²) in [7, 11) is 0. The van der Waals surface area contributed by atoms with Gasteiger partial charge in [-0.05, 0) is 25.0 Å². The Balaban J connectivity index is 1.75. The molecule has 1 amide bonds. The number of aryl methyl sites for hydroxylation is 1. The largest absolute Gasteiger partial charge is 0.338 e. The van der Waals surface area contributed by atoms with Crippen LogP contribution in [-0.2, 0) is 11.2 Å². The zero-order chi connectivity index (χ0) is 16.5. The standard InChI is InChI=1S/C17H21N3O2S/c1-2-7-14-12-16(22)20-17(19-14)23-11-6-10-15(21)18-13-8-4-3-5-9-13/h3-5,8-9,12H,2,6-7,10-11H2,1H3,(H,18,21)(H,19,20,22). The molecule has 122 valence electrons. The highest BCUT2D eigenvalue weighted by Gasteiger charge is 2.04. The van der Waals surface area contributed by atoms with Crippen molar-refractivity contribution in [2.75, 3.05) is 11.1 Å².